The third-order valence-electron chi connectivity index (χ3n) is 3.26. The summed E-state index contributed by atoms with van der Waals surface area (Å²) in [7, 11) is 0. The summed E-state index contributed by atoms with van der Waals surface area (Å²) in [6, 6.07) is 15.3. The summed E-state index contributed by atoms with van der Waals surface area (Å²) in [4.78, 5) is 12.1. The fourth-order valence-corrected chi connectivity index (χ4v) is 3.00. The van der Waals surface area contributed by atoms with E-state index in [4.69, 9.17) is 0 Å². The Bertz CT molecular complexity index is 850. The first-order chi connectivity index (χ1) is 11.6. The number of nitrogens with zero attached hydrogens (tertiary/aromatic N) is 4. The first-order valence-corrected chi connectivity index (χ1v) is 8.94. The summed E-state index contributed by atoms with van der Waals surface area (Å²) < 4.78 is 2.59. The highest BCUT2D eigenvalue weighted by Gasteiger charge is 2.12. The van der Waals surface area contributed by atoms with E-state index in [-0.39, 0.29) is 11.7 Å². The van der Waals surface area contributed by atoms with E-state index in [1.54, 1.807) is 4.68 Å². The van der Waals surface area contributed by atoms with E-state index in [0.29, 0.717) is 5.16 Å². The summed E-state index contributed by atoms with van der Waals surface area (Å²) in [5, 5.41) is 15.1. The van der Waals surface area contributed by atoms with Crippen molar-refractivity contribution in [3.8, 4) is 5.69 Å². The summed E-state index contributed by atoms with van der Waals surface area (Å²) in [5.41, 5.74) is 2.68. The fourth-order valence-electron chi connectivity index (χ4n) is 2.04. The molecule has 0 saturated carbocycles. The molecule has 0 bridgehead atoms. The van der Waals surface area contributed by atoms with Crippen LogP contribution in [0.15, 0.2) is 58.2 Å². The quantitative estimate of drug-likeness (QED) is 0.660. The second-order valence-electron chi connectivity index (χ2n) is 5.00. The zero-order chi connectivity index (χ0) is 16.9. The number of carbonyl (C=O) groups is 1. The number of rotatable bonds is 5. The lowest BCUT2D eigenvalue weighted by Crippen LogP contribution is -2.15. The number of carbonyl (C=O) groups excluding carboxylic acids is 1. The van der Waals surface area contributed by atoms with Gasteiger partial charge in [0.15, 0.2) is 0 Å². The van der Waals surface area contributed by atoms with Crippen LogP contribution in [-0.4, -0.2) is 31.9 Å². The number of thioether (sulfide) groups is 1. The number of aromatic nitrogens is 4. The molecule has 0 spiro atoms. The molecule has 0 fully saturated rings. The van der Waals surface area contributed by atoms with Gasteiger partial charge in [-0.2, -0.15) is 4.68 Å². The molecule has 0 aliphatic carbocycles. The molecule has 1 amide bonds. The van der Waals surface area contributed by atoms with Crippen LogP contribution < -0.4 is 5.32 Å². The highest BCUT2D eigenvalue weighted by Crippen LogP contribution is 2.20. The summed E-state index contributed by atoms with van der Waals surface area (Å²) in [5.74, 6) is 0.130. The molecule has 6 nitrogen and oxygen atoms in total. The Balaban J connectivity index is 1.65. The van der Waals surface area contributed by atoms with Crippen LogP contribution in [0, 0.1) is 6.92 Å². The number of nitrogens with one attached hydrogen (secondary N) is 1. The van der Waals surface area contributed by atoms with Gasteiger partial charge in [0.1, 0.15) is 0 Å². The van der Waals surface area contributed by atoms with Gasteiger partial charge in [0.25, 0.3) is 0 Å². The lowest BCUT2D eigenvalue weighted by Gasteiger charge is -2.08. The topological polar surface area (TPSA) is 72.7 Å². The molecule has 0 radical (unpaired) electrons. The molecule has 3 rings (SSSR count). The third-order valence-corrected chi connectivity index (χ3v) is 4.71. The van der Waals surface area contributed by atoms with E-state index in [9.17, 15) is 4.79 Å². The molecule has 0 aliphatic rings. The number of hydrogen-bond donors (Lipinski definition) is 1. The van der Waals surface area contributed by atoms with Gasteiger partial charge in [-0.3, -0.25) is 4.79 Å². The molecule has 1 aromatic heterocycles. The van der Waals surface area contributed by atoms with Crippen molar-refractivity contribution in [2.24, 2.45) is 0 Å². The van der Waals surface area contributed by atoms with Gasteiger partial charge in [-0.25, -0.2) is 0 Å². The van der Waals surface area contributed by atoms with Gasteiger partial charge in [0.05, 0.1) is 11.4 Å². The van der Waals surface area contributed by atoms with Crippen LogP contribution in [-0.2, 0) is 4.79 Å². The first kappa shape index (κ1) is 16.7. The Hall–Kier alpha value is -2.19. The maximum Gasteiger partial charge on any atom is 0.234 e. The van der Waals surface area contributed by atoms with E-state index in [2.05, 4.69) is 36.8 Å². The van der Waals surface area contributed by atoms with Crippen molar-refractivity contribution in [3.05, 3.63) is 58.6 Å². The summed E-state index contributed by atoms with van der Waals surface area (Å²) >= 11 is 4.68. The number of hydrogen-bond acceptors (Lipinski definition) is 5. The van der Waals surface area contributed by atoms with Crippen LogP contribution in [0.1, 0.15) is 5.56 Å². The molecule has 8 heteroatoms. The van der Waals surface area contributed by atoms with Crippen LogP contribution in [0.25, 0.3) is 5.69 Å². The van der Waals surface area contributed by atoms with Crippen LogP contribution in [0.3, 0.4) is 0 Å². The molecule has 0 saturated heterocycles. The van der Waals surface area contributed by atoms with Crippen LogP contribution in [0.5, 0.6) is 0 Å². The number of para-hydroxylation sites is 1. The van der Waals surface area contributed by atoms with Crippen molar-refractivity contribution in [2.75, 3.05) is 11.1 Å². The SMILES string of the molecule is Cc1ccccc1NC(=O)CSc1nnnn1-c1ccc(Br)cc1. The number of amides is 1. The molecule has 122 valence electrons. The van der Waals surface area contributed by atoms with Crippen molar-refractivity contribution >= 4 is 39.3 Å². The number of benzene rings is 2. The Kier molecular flexibility index (Phi) is 5.27. The predicted molar refractivity (Wildman–Crippen MR) is 97.4 cm³/mol. The minimum absolute atomic E-state index is 0.0975. The van der Waals surface area contributed by atoms with Crippen molar-refractivity contribution < 1.29 is 4.79 Å². The van der Waals surface area contributed by atoms with E-state index >= 15 is 0 Å². The maximum atomic E-state index is 12.1. The van der Waals surface area contributed by atoms with Crippen molar-refractivity contribution in [3.63, 3.8) is 0 Å². The molecule has 0 unspecified atom stereocenters. The molecule has 0 atom stereocenters. The van der Waals surface area contributed by atoms with E-state index in [0.717, 1.165) is 21.4 Å². The number of aryl methyl sites for hydroxylation is 1. The lowest BCUT2D eigenvalue weighted by molar-refractivity contribution is -0.113. The average molecular weight is 404 g/mol. The third kappa shape index (κ3) is 4.01. The fraction of sp³-hybridized carbons (Fsp3) is 0.125. The average Bonchev–Trinajstić information content (AvgIpc) is 3.04. The van der Waals surface area contributed by atoms with E-state index in [1.165, 1.54) is 11.8 Å². The largest absolute Gasteiger partial charge is 0.325 e. The standard InChI is InChI=1S/C16H14BrN5OS/c1-11-4-2-3-5-14(11)18-15(23)10-24-16-19-20-21-22(16)13-8-6-12(17)7-9-13/h2-9H,10H2,1H3,(H,18,23). The highest BCUT2D eigenvalue weighted by atomic mass is 79.9. The molecule has 0 aliphatic heterocycles. The number of tetrazole rings is 1. The van der Waals surface area contributed by atoms with Crippen LogP contribution in [0.4, 0.5) is 5.69 Å². The zero-order valence-electron chi connectivity index (χ0n) is 12.8. The van der Waals surface area contributed by atoms with Gasteiger partial charge in [0.2, 0.25) is 11.1 Å². The molecule has 3 aromatic rings. The number of halogens is 1. The zero-order valence-corrected chi connectivity index (χ0v) is 15.2. The first-order valence-electron chi connectivity index (χ1n) is 7.16. The van der Waals surface area contributed by atoms with Gasteiger partial charge in [0, 0.05) is 10.2 Å². The molecule has 24 heavy (non-hydrogen) atoms. The van der Waals surface area contributed by atoms with E-state index in [1.807, 2.05) is 55.5 Å². The monoisotopic (exact) mass is 403 g/mol. The smallest absolute Gasteiger partial charge is 0.234 e. The van der Waals surface area contributed by atoms with Crippen molar-refractivity contribution in [1.29, 1.82) is 0 Å². The molecule has 2 aromatic carbocycles. The van der Waals surface area contributed by atoms with Gasteiger partial charge in [-0.1, -0.05) is 45.9 Å². The molecular formula is C16H14BrN5OS. The Labute approximate surface area is 151 Å². The molecule has 1 N–H and O–H groups in total. The minimum atomic E-state index is -0.0975. The Morgan fingerprint density at radius 1 is 1.21 bits per heavy atom. The van der Waals surface area contributed by atoms with Gasteiger partial charge in [-0.15, -0.1) is 5.10 Å². The minimum Gasteiger partial charge on any atom is -0.325 e. The van der Waals surface area contributed by atoms with Crippen molar-refractivity contribution in [2.45, 2.75) is 12.1 Å². The Morgan fingerprint density at radius 2 is 1.96 bits per heavy atom. The Morgan fingerprint density at radius 3 is 2.71 bits per heavy atom. The summed E-state index contributed by atoms with van der Waals surface area (Å²) in [6.45, 7) is 1.96. The van der Waals surface area contributed by atoms with Gasteiger partial charge >= 0.3 is 0 Å². The van der Waals surface area contributed by atoms with Gasteiger partial charge in [-0.05, 0) is 53.2 Å². The van der Waals surface area contributed by atoms with E-state index < -0.39 is 0 Å². The lowest BCUT2D eigenvalue weighted by atomic mass is 10.2. The van der Waals surface area contributed by atoms with Crippen molar-refractivity contribution in [1.82, 2.24) is 20.2 Å². The van der Waals surface area contributed by atoms with Crippen LogP contribution in [0.2, 0.25) is 0 Å². The van der Waals surface area contributed by atoms with Gasteiger partial charge < -0.3 is 5.32 Å². The molecule has 1 heterocycles. The number of anilines is 1. The maximum absolute atomic E-state index is 12.1. The molecular weight excluding hydrogens is 390 g/mol. The highest BCUT2D eigenvalue weighted by molar-refractivity contribution is 9.10. The normalized spacial score (nSPS) is 10.6. The summed E-state index contributed by atoms with van der Waals surface area (Å²) in [6.07, 6.45) is 0. The van der Waals surface area contributed by atoms with Crippen LogP contribution >= 0.6 is 27.7 Å². The second kappa shape index (κ2) is 7.59. The predicted octanol–water partition coefficient (Wildman–Crippen LogP) is 3.46. The second-order valence-corrected chi connectivity index (χ2v) is 6.86.